The van der Waals surface area contributed by atoms with Gasteiger partial charge in [0.2, 0.25) is 11.7 Å². The van der Waals surface area contributed by atoms with E-state index in [4.69, 9.17) is 16.1 Å². The van der Waals surface area contributed by atoms with Crippen LogP contribution in [0, 0.1) is 0 Å². The number of amides is 1. The first-order valence-corrected chi connectivity index (χ1v) is 11.3. The number of hydrogen-bond donors (Lipinski definition) is 1. The number of carbonyl (C=O) groups is 1. The summed E-state index contributed by atoms with van der Waals surface area (Å²) < 4.78 is 7.88. The molecule has 0 atom stereocenters. The summed E-state index contributed by atoms with van der Waals surface area (Å²) in [5.74, 6) is 0.577. The maximum Gasteiger partial charge on any atom is 0.350 e. The number of anilines is 1. The molecule has 0 bridgehead atoms. The van der Waals surface area contributed by atoms with Crippen LogP contribution in [0.1, 0.15) is 25.3 Å². The van der Waals surface area contributed by atoms with Gasteiger partial charge in [-0.3, -0.25) is 4.79 Å². The minimum Gasteiger partial charge on any atom is -0.333 e. The van der Waals surface area contributed by atoms with Crippen LogP contribution in [0.5, 0.6) is 0 Å². The van der Waals surface area contributed by atoms with Crippen LogP contribution in [0.4, 0.5) is 5.69 Å². The highest BCUT2D eigenvalue weighted by atomic mass is 35.5. The van der Waals surface area contributed by atoms with Gasteiger partial charge in [0.15, 0.2) is 5.65 Å². The van der Waals surface area contributed by atoms with Crippen LogP contribution in [-0.4, -0.2) is 30.2 Å². The van der Waals surface area contributed by atoms with Crippen LogP contribution in [0.3, 0.4) is 0 Å². The number of nitrogens with zero attached hydrogens (tertiary/aromatic N) is 5. The van der Waals surface area contributed by atoms with Gasteiger partial charge in [-0.25, -0.2) is 13.9 Å². The third-order valence-electron chi connectivity index (χ3n) is 5.50. The first-order chi connectivity index (χ1) is 16.9. The lowest BCUT2D eigenvalue weighted by atomic mass is 10.0. The predicted octanol–water partition coefficient (Wildman–Crippen LogP) is 4.63. The quantitative estimate of drug-likeness (QED) is 0.373. The molecule has 35 heavy (non-hydrogen) atoms. The molecule has 0 aliphatic heterocycles. The highest BCUT2D eigenvalue weighted by Crippen LogP contribution is 2.26. The van der Waals surface area contributed by atoms with Crippen LogP contribution in [0.15, 0.2) is 76.2 Å². The summed E-state index contributed by atoms with van der Waals surface area (Å²) in [4.78, 5) is 29.9. The maximum absolute atomic E-state index is 12.9. The van der Waals surface area contributed by atoms with E-state index in [2.05, 4.69) is 34.4 Å². The molecule has 0 aliphatic carbocycles. The van der Waals surface area contributed by atoms with Crippen molar-refractivity contribution in [2.24, 2.45) is 0 Å². The Morgan fingerprint density at radius 2 is 1.91 bits per heavy atom. The topological polar surface area (TPSA) is 107 Å². The summed E-state index contributed by atoms with van der Waals surface area (Å²) in [5.41, 5.74) is 2.83. The van der Waals surface area contributed by atoms with Crippen molar-refractivity contribution in [2.45, 2.75) is 26.3 Å². The molecule has 0 aliphatic rings. The third-order valence-corrected chi connectivity index (χ3v) is 5.74. The number of carbonyl (C=O) groups excluding carboxylic acids is 1. The molecule has 9 nitrogen and oxygen atoms in total. The zero-order valence-electron chi connectivity index (χ0n) is 19.0. The smallest absolute Gasteiger partial charge is 0.333 e. The van der Waals surface area contributed by atoms with Crippen molar-refractivity contribution >= 4 is 28.8 Å². The Kier molecular flexibility index (Phi) is 5.92. The molecule has 0 saturated heterocycles. The second-order valence-electron chi connectivity index (χ2n) is 8.31. The number of benzene rings is 2. The summed E-state index contributed by atoms with van der Waals surface area (Å²) in [7, 11) is 0. The second-order valence-corrected chi connectivity index (χ2v) is 8.75. The van der Waals surface area contributed by atoms with E-state index in [1.807, 2.05) is 30.3 Å². The molecule has 1 N–H and O–H groups in total. The average Bonchev–Trinajstić information content (AvgIpc) is 3.45. The van der Waals surface area contributed by atoms with Gasteiger partial charge in [0.1, 0.15) is 6.54 Å². The molecule has 3 heterocycles. The van der Waals surface area contributed by atoms with E-state index < -0.39 is 5.69 Å². The third kappa shape index (κ3) is 4.58. The van der Waals surface area contributed by atoms with Crippen molar-refractivity contribution in [2.75, 3.05) is 5.32 Å². The van der Waals surface area contributed by atoms with E-state index in [1.165, 1.54) is 9.96 Å². The summed E-state index contributed by atoms with van der Waals surface area (Å²) in [6, 6.07) is 18.1. The fourth-order valence-corrected chi connectivity index (χ4v) is 3.86. The molecule has 5 rings (SSSR count). The summed E-state index contributed by atoms with van der Waals surface area (Å²) in [6.07, 6.45) is 1.57. The fourth-order valence-electron chi connectivity index (χ4n) is 3.67. The van der Waals surface area contributed by atoms with Gasteiger partial charge >= 0.3 is 5.69 Å². The molecule has 176 valence electrons. The van der Waals surface area contributed by atoms with Crippen LogP contribution in [0.25, 0.3) is 28.5 Å². The summed E-state index contributed by atoms with van der Waals surface area (Å²) >= 11 is 6.06. The van der Waals surface area contributed by atoms with E-state index in [0.29, 0.717) is 39.2 Å². The Balaban J connectivity index is 1.41. The van der Waals surface area contributed by atoms with Gasteiger partial charge in [-0.1, -0.05) is 54.9 Å². The number of aromatic nitrogens is 5. The average molecular weight is 489 g/mol. The van der Waals surface area contributed by atoms with Crippen LogP contribution < -0.4 is 11.0 Å². The van der Waals surface area contributed by atoms with Crippen LogP contribution in [0.2, 0.25) is 5.02 Å². The number of pyridine rings is 1. The van der Waals surface area contributed by atoms with Gasteiger partial charge in [-0.05, 0) is 47.9 Å². The van der Waals surface area contributed by atoms with Crippen molar-refractivity contribution in [1.29, 1.82) is 0 Å². The number of hydrogen-bond acceptors (Lipinski definition) is 6. The van der Waals surface area contributed by atoms with E-state index in [-0.39, 0.29) is 18.3 Å². The van der Waals surface area contributed by atoms with Gasteiger partial charge in [-0.2, -0.15) is 4.98 Å². The first kappa shape index (κ1) is 22.5. The molecule has 10 heteroatoms. The highest BCUT2D eigenvalue weighted by molar-refractivity contribution is 6.30. The molecule has 0 fully saturated rings. The van der Waals surface area contributed by atoms with Gasteiger partial charge in [0.05, 0.1) is 5.56 Å². The number of rotatable bonds is 6. The molecule has 5 aromatic rings. The Morgan fingerprint density at radius 1 is 1.11 bits per heavy atom. The van der Waals surface area contributed by atoms with E-state index in [9.17, 15) is 9.59 Å². The molecule has 0 unspecified atom stereocenters. The minimum absolute atomic E-state index is 0.192. The van der Waals surface area contributed by atoms with Crippen molar-refractivity contribution in [3.63, 3.8) is 0 Å². The summed E-state index contributed by atoms with van der Waals surface area (Å²) in [5, 5.41) is 11.7. The Hall–Kier alpha value is -4.24. The molecule has 2 aromatic carbocycles. The van der Waals surface area contributed by atoms with Crippen molar-refractivity contribution in [3.05, 3.63) is 87.9 Å². The number of fused-ring (bicyclic) bond motifs is 1. The van der Waals surface area contributed by atoms with Gasteiger partial charge in [0.25, 0.3) is 5.89 Å². The number of halogens is 1. The van der Waals surface area contributed by atoms with Gasteiger partial charge in [-0.15, -0.1) is 5.10 Å². The lowest BCUT2D eigenvalue weighted by Crippen LogP contribution is -2.28. The van der Waals surface area contributed by atoms with Gasteiger partial charge in [0, 0.05) is 22.5 Å². The SMILES string of the molecule is CC(C)c1ccc(NC(=O)Cn2nc3c(-c4nc(-c5cccc(Cl)c5)no4)cccn3c2=O)cc1. The second kappa shape index (κ2) is 9.19. The standard InChI is InChI=1S/C25H21ClN6O3/c1-15(2)16-8-10-19(11-9-16)27-21(33)14-32-25(34)31-12-4-7-20(23(31)29-32)24-28-22(30-35-24)17-5-3-6-18(26)13-17/h3-13,15H,14H2,1-2H3,(H,27,33). The van der Waals surface area contributed by atoms with Crippen LogP contribution >= 0.6 is 11.6 Å². The van der Waals surface area contributed by atoms with Crippen molar-refractivity contribution < 1.29 is 9.32 Å². The maximum atomic E-state index is 12.9. The molecular weight excluding hydrogens is 468 g/mol. The van der Waals surface area contributed by atoms with Crippen molar-refractivity contribution in [1.82, 2.24) is 24.3 Å². The molecular formula is C25H21ClN6O3. The van der Waals surface area contributed by atoms with E-state index in [0.717, 1.165) is 4.68 Å². The van der Waals surface area contributed by atoms with E-state index >= 15 is 0 Å². The minimum atomic E-state index is -0.457. The normalized spacial score (nSPS) is 11.3. The number of nitrogens with one attached hydrogen (secondary N) is 1. The van der Waals surface area contributed by atoms with Crippen LogP contribution in [-0.2, 0) is 11.3 Å². The van der Waals surface area contributed by atoms with Crippen molar-refractivity contribution in [3.8, 4) is 22.8 Å². The fraction of sp³-hybridized carbons (Fsp3) is 0.160. The molecule has 0 saturated carbocycles. The monoisotopic (exact) mass is 488 g/mol. The Morgan fingerprint density at radius 3 is 2.66 bits per heavy atom. The molecule has 0 radical (unpaired) electrons. The Labute approximate surface area is 205 Å². The largest absolute Gasteiger partial charge is 0.350 e. The summed E-state index contributed by atoms with van der Waals surface area (Å²) in [6.45, 7) is 3.96. The lowest BCUT2D eigenvalue weighted by molar-refractivity contribution is -0.117. The Bertz CT molecular complexity index is 1580. The molecule has 1 amide bonds. The molecule has 3 aromatic heterocycles. The zero-order valence-corrected chi connectivity index (χ0v) is 19.7. The highest BCUT2D eigenvalue weighted by Gasteiger charge is 2.19. The first-order valence-electron chi connectivity index (χ1n) is 11.0. The molecule has 0 spiro atoms. The zero-order chi connectivity index (χ0) is 24.5. The lowest BCUT2D eigenvalue weighted by Gasteiger charge is -2.08. The van der Waals surface area contributed by atoms with E-state index in [1.54, 1.807) is 36.5 Å². The van der Waals surface area contributed by atoms with Gasteiger partial charge < -0.3 is 9.84 Å². The predicted molar refractivity (Wildman–Crippen MR) is 132 cm³/mol.